The molecule has 0 aromatic heterocycles. The van der Waals surface area contributed by atoms with Gasteiger partial charge in [-0.25, -0.2) is 0 Å². The summed E-state index contributed by atoms with van der Waals surface area (Å²) in [4.78, 5) is 15.4. The van der Waals surface area contributed by atoms with Crippen LogP contribution in [0.4, 0.5) is 22.7 Å². The summed E-state index contributed by atoms with van der Waals surface area (Å²) in [6.45, 7) is 3.44. The van der Waals surface area contributed by atoms with Crippen LogP contribution in [0.1, 0.15) is 13.3 Å². The van der Waals surface area contributed by atoms with Gasteiger partial charge in [0.05, 0.1) is 10.7 Å². The summed E-state index contributed by atoms with van der Waals surface area (Å²) in [5.41, 5.74) is 3.36. The Labute approximate surface area is 183 Å². The number of rotatable bonds is 8. The molecule has 8 heteroatoms. The van der Waals surface area contributed by atoms with Gasteiger partial charge in [0.2, 0.25) is 5.91 Å². The molecule has 0 aliphatic rings. The van der Waals surface area contributed by atoms with E-state index in [-0.39, 0.29) is 5.91 Å². The monoisotopic (exact) mass is 433 g/mol. The summed E-state index contributed by atoms with van der Waals surface area (Å²) in [6.07, 6.45) is 1.06. The normalized spacial score (nSPS) is 10.6. The Morgan fingerprint density at radius 1 is 0.931 bits per heavy atom. The Morgan fingerprint density at radius 2 is 1.48 bits per heavy atom. The van der Waals surface area contributed by atoms with Gasteiger partial charge in [-0.3, -0.25) is 4.79 Å². The molecule has 0 spiro atoms. The molecule has 0 saturated carbocycles. The van der Waals surface area contributed by atoms with E-state index in [1.807, 2.05) is 49.5 Å². The standard InChI is InChI=1S/C21H28ClN5OS/c1-15(28)23-16-6-8-17(9-7-16)24-21(29)25-18-10-11-20(19(22)14-18)27(4)13-5-12-26(2)3/h6-11,14H,5,12-13H2,1-4H3,(H,23,28)(H2,24,25,29). The minimum atomic E-state index is -0.105. The lowest BCUT2D eigenvalue weighted by Gasteiger charge is -2.22. The molecule has 6 nitrogen and oxygen atoms in total. The molecule has 0 heterocycles. The van der Waals surface area contributed by atoms with Gasteiger partial charge in [0.15, 0.2) is 5.11 Å². The minimum absolute atomic E-state index is 0.105. The zero-order valence-electron chi connectivity index (χ0n) is 17.3. The summed E-state index contributed by atoms with van der Waals surface area (Å²) in [5.74, 6) is -0.105. The zero-order chi connectivity index (χ0) is 21.4. The largest absolute Gasteiger partial charge is 0.373 e. The molecule has 2 aromatic carbocycles. The first-order chi connectivity index (χ1) is 13.7. The van der Waals surface area contributed by atoms with Crippen LogP contribution in [-0.2, 0) is 4.79 Å². The fourth-order valence-electron chi connectivity index (χ4n) is 2.77. The molecule has 156 valence electrons. The van der Waals surface area contributed by atoms with Gasteiger partial charge < -0.3 is 25.8 Å². The van der Waals surface area contributed by atoms with Crippen LogP contribution in [0.3, 0.4) is 0 Å². The number of hydrogen-bond acceptors (Lipinski definition) is 4. The van der Waals surface area contributed by atoms with Crippen LogP contribution in [0, 0.1) is 0 Å². The molecule has 0 saturated heterocycles. The SMILES string of the molecule is CC(=O)Nc1ccc(NC(=S)Nc2ccc(N(C)CCCN(C)C)c(Cl)c2)cc1. The molecule has 0 bridgehead atoms. The second-order valence-corrected chi connectivity index (χ2v) is 7.90. The van der Waals surface area contributed by atoms with E-state index in [2.05, 4.69) is 39.8 Å². The van der Waals surface area contributed by atoms with E-state index in [0.717, 1.165) is 42.3 Å². The molecule has 0 unspecified atom stereocenters. The second kappa shape index (κ2) is 11.0. The Kier molecular flexibility index (Phi) is 8.70. The number of nitrogens with one attached hydrogen (secondary N) is 3. The van der Waals surface area contributed by atoms with Crippen molar-refractivity contribution in [3.8, 4) is 0 Å². The lowest BCUT2D eigenvalue weighted by Crippen LogP contribution is -2.23. The number of thiocarbonyl (C=S) groups is 1. The fourth-order valence-corrected chi connectivity index (χ4v) is 3.33. The highest BCUT2D eigenvalue weighted by atomic mass is 35.5. The first-order valence-electron chi connectivity index (χ1n) is 9.35. The number of halogens is 1. The van der Waals surface area contributed by atoms with Crippen molar-refractivity contribution in [2.45, 2.75) is 13.3 Å². The highest BCUT2D eigenvalue weighted by Gasteiger charge is 2.08. The molecule has 29 heavy (non-hydrogen) atoms. The van der Waals surface area contributed by atoms with Crippen LogP contribution in [0.15, 0.2) is 42.5 Å². The van der Waals surface area contributed by atoms with Crippen molar-refractivity contribution in [2.75, 3.05) is 55.1 Å². The topological polar surface area (TPSA) is 59.6 Å². The van der Waals surface area contributed by atoms with Gasteiger partial charge in [-0.2, -0.15) is 0 Å². The molecule has 2 rings (SSSR count). The van der Waals surface area contributed by atoms with Crippen LogP contribution in [0.25, 0.3) is 0 Å². The van der Waals surface area contributed by atoms with Gasteiger partial charge in [0.25, 0.3) is 0 Å². The zero-order valence-corrected chi connectivity index (χ0v) is 18.8. The van der Waals surface area contributed by atoms with Crippen molar-refractivity contribution in [3.63, 3.8) is 0 Å². The Morgan fingerprint density at radius 3 is 2.03 bits per heavy atom. The van der Waals surface area contributed by atoms with Crippen molar-refractivity contribution in [3.05, 3.63) is 47.5 Å². The Bertz CT molecular complexity index is 841. The smallest absolute Gasteiger partial charge is 0.221 e. The van der Waals surface area contributed by atoms with Crippen LogP contribution in [0.2, 0.25) is 5.02 Å². The third-order valence-corrected chi connectivity index (χ3v) is 4.69. The third kappa shape index (κ3) is 7.89. The van der Waals surface area contributed by atoms with E-state index in [9.17, 15) is 4.79 Å². The molecule has 0 aliphatic heterocycles. The van der Waals surface area contributed by atoms with Crippen molar-refractivity contribution in [2.24, 2.45) is 0 Å². The number of carbonyl (C=O) groups excluding carboxylic acids is 1. The van der Waals surface area contributed by atoms with Crippen LogP contribution in [-0.4, -0.2) is 50.2 Å². The van der Waals surface area contributed by atoms with E-state index >= 15 is 0 Å². The van der Waals surface area contributed by atoms with Gasteiger partial charge in [-0.1, -0.05) is 11.6 Å². The minimum Gasteiger partial charge on any atom is -0.373 e. The van der Waals surface area contributed by atoms with Gasteiger partial charge in [-0.15, -0.1) is 0 Å². The number of hydrogen-bond donors (Lipinski definition) is 3. The maximum absolute atomic E-state index is 11.1. The molecule has 0 radical (unpaired) electrons. The van der Waals surface area contributed by atoms with E-state index in [1.54, 1.807) is 0 Å². The highest BCUT2D eigenvalue weighted by Crippen LogP contribution is 2.28. The van der Waals surface area contributed by atoms with E-state index in [0.29, 0.717) is 10.1 Å². The van der Waals surface area contributed by atoms with Crippen molar-refractivity contribution < 1.29 is 4.79 Å². The molecule has 1 amide bonds. The molecule has 0 fully saturated rings. The first-order valence-corrected chi connectivity index (χ1v) is 10.1. The number of amides is 1. The molecule has 0 atom stereocenters. The predicted molar refractivity (Wildman–Crippen MR) is 128 cm³/mol. The van der Waals surface area contributed by atoms with E-state index in [1.165, 1.54) is 6.92 Å². The van der Waals surface area contributed by atoms with Crippen LogP contribution >= 0.6 is 23.8 Å². The molecule has 0 aliphatic carbocycles. The molecular formula is C21H28ClN5OS. The summed E-state index contributed by atoms with van der Waals surface area (Å²) >= 11 is 11.9. The van der Waals surface area contributed by atoms with E-state index < -0.39 is 0 Å². The number of benzene rings is 2. The van der Waals surface area contributed by atoms with Gasteiger partial charge in [0, 0.05) is 37.6 Å². The van der Waals surface area contributed by atoms with Gasteiger partial charge in [0.1, 0.15) is 0 Å². The average Bonchev–Trinajstić information content (AvgIpc) is 2.62. The average molecular weight is 434 g/mol. The third-order valence-electron chi connectivity index (χ3n) is 4.18. The molecule has 2 aromatic rings. The Balaban J connectivity index is 1.91. The van der Waals surface area contributed by atoms with Gasteiger partial charge >= 0.3 is 0 Å². The lowest BCUT2D eigenvalue weighted by atomic mass is 10.2. The second-order valence-electron chi connectivity index (χ2n) is 7.08. The quantitative estimate of drug-likeness (QED) is 0.533. The number of carbonyl (C=O) groups is 1. The summed E-state index contributed by atoms with van der Waals surface area (Å²) < 4.78 is 0. The van der Waals surface area contributed by atoms with E-state index in [4.69, 9.17) is 23.8 Å². The van der Waals surface area contributed by atoms with Crippen molar-refractivity contribution in [1.82, 2.24) is 4.90 Å². The predicted octanol–water partition coefficient (Wildman–Crippen LogP) is 4.50. The maximum atomic E-state index is 11.1. The van der Waals surface area contributed by atoms with Crippen LogP contribution in [0.5, 0.6) is 0 Å². The van der Waals surface area contributed by atoms with Crippen molar-refractivity contribution >= 4 is 57.6 Å². The lowest BCUT2D eigenvalue weighted by molar-refractivity contribution is -0.114. The fraction of sp³-hybridized carbons (Fsp3) is 0.333. The summed E-state index contributed by atoms with van der Waals surface area (Å²) in [5, 5.41) is 10.1. The van der Waals surface area contributed by atoms with Crippen molar-refractivity contribution in [1.29, 1.82) is 0 Å². The summed E-state index contributed by atoms with van der Waals surface area (Å²) in [6, 6.07) is 13.1. The van der Waals surface area contributed by atoms with Crippen LogP contribution < -0.4 is 20.9 Å². The molecule has 3 N–H and O–H groups in total. The number of nitrogens with zero attached hydrogens (tertiary/aromatic N) is 2. The molecular weight excluding hydrogens is 406 g/mol. The Hall–Kier alpha value is -2.35. The number of anilines is 4. The first kappa shape index (κ1) is 22.9. The highest BCUT2D eigenvalue weighted by molar-refractivity contribution is 7.80. The summed E-state index contributed by atoms with van der Waals surface area (Å²) in [7, 11) is 6.18. The van der Waals surface area contributed by atoms with Gasteiger partial charge in [-0.05, 0) is 81.7 Å². The maximum Gasteiger partial charge on any atom is 0.221 e.